The highest BCUT2D eigenvalue weighted by Gasteiger charge is 2.30. The fourth-order valence-electron chi connectivity index (χ4n) is 3.79. The molecule has 0 unspecified atom stereocenters. The number of amides is 2. The second-order valence-corrected chi connectivity index (χ2v) is 7.34. The van der Waals surface area contributed by atoms with Gasteiger partial charge in [-0.2, -0.15) is 0 Å². The molecular weight excluding hydrogens is 400 g/mol. The molecule has 4 N–H and O–H groups in total. The minimum Gasteiger partial charge on any atom is -0.480 e. The first kappa shape index (κ1) is 22.3. The molecule has 1 aliphatic carbocycles. The Hall–Kier alpha value is -3.39. The number of benzene rings is 2. The summed E-state index contributed by atoms with van der Waals surface area (Å²) < 4.78 is 5.44. The van der Waals surface area contributed by atoms with E-state index in [9.17, 15) is 14.4 Å². The van der Waals surface area contributed by atoms with Gasteiger partial charge in [0.1, 0.15) is 18.7 Å². The molecule has 2 aromatic rings. The SMILES string of the molecule is CC[C@@H](NC(=O)OCC1c2ccccc2-c2ccccc21)C(=O)N[C@H](CCO)C(=O)O. The summed E-state index contributed by atoms with van der Waals surface area (Å²) in [6.07, 6.45) is -0.623. The molecule has 31 heavy (non-hydrogen) atoms. The Kier molecular flexibility index (Phi) is 7.25. The lowest BCUT2D eigenvalue weighted by atomic mass is 9.98. The van der Waals surface area contributed by atoms with Gasteiger partial charge in [-0.3, -0.25) is 4.79 Å². The summed E-state index contributed by atoms with van der Waals surface area (Å²) in [4.78, 5) is 35.9. The summed E-state index contributed by atoms with van der Waals surface area (Å²) in [7, 11) is 0. The number of hydrogen-bond donors (Lipinski definition) is 4. The summed E-state index contributed by atoms with van der Waals surface area (Å²) in [6.45, 7) is 1.42. The van der Waals surface area contributed by atoms with Gasteiger partial charge in [0.2, 0.25) is 5.91 Å². The summed E-state index contributed by atoms with van der Waals surface area (Å²) >= 11 is 0. The van der Waals surface area contributed by atoms with E-state index in [4.69, 9.17) is 14.9 Å². The maximum absolute atomic E-state index is 12.4. The van der Waals surface area contributed by atoms with Crippen LogP contribution in [0.3, 0.4) is 0 Å². The highest BCUT2D eigenvalue weighted by molar-refractivity contribution is 5.89. The fourth-order valence-corrected chi connectivity index (χ4v) is 3.79. The van der Waals surface area contributed by atoms with E-state index >= 15 is 0 Å². The summed E-state index contributed by atoms with van der Waals surface area (Å²) in [6, 6.07) is 13.8. The molecule has 0 aromatic heterocycles. The molecule has 2 aromatic carbocycles. The van der Waals surface area contributed by atoms with Crippen molar-refractivity contribution >= 4 is 18.0 Å². The number of alkyl carbamates (subject to hydrolysis) is 1. The Bertz CT molecular complexity index is 915. The van der Waals surface area contributed by atoms with Crippen LogP contribution in [0.1, 0.15) is 36.8 Å². The van der Waals surface area contributed by atoms with Gasteiger partial charge in [0.15, 0.2) is 0 Å². The maximum atomic E-state index is 12.4. The predicted octanol–water partition coefficient (Wildman–Crippen LogP) is 2.26. The second-order valence-electron chi connectivity index (χ2n) is 7.34. The molecule has 0 bridgehead atoms. The third-order valence-electron chi connectivity index (χ3n) is 5.39. The van der Waals surface area contributed by atoms with Gasteiger partial charge in [-0.05, 0) is 28.7 Å². The molecule has 2 atom stereocenters. The molecule has 8 heteroatoms. The molecule has 3 rings (SSSR count). The second kappa shape index (κ2) is 10.1. The molecule has 2 amide bonds. The van der Waals surface area contributed by atoms with E-state index in [1.807, 2.05) is 48.5 Å². The van der Waals surface area contributed by atoms with E-state index in [1.54, 1.807) is 6.92 Å². The molecule has 0 spiro atoms. The van der Waals surface area contributed by atoms with E-state index in [1.165, 1.54) is 0 Å². The van der Waals surface area contributed by atoms with Gasteiger partial charge >= 0.3 is 12.1 Å². The normalized spacial score (nSPS) is 14.1. The lowest BCUT2D eigenvalue weighted by Crippen LogP contribution is -2.51. The van der Waals surface area contributed by atoms with Crippen LogP contribution >= 0.6 is 0 Å². The van der Waals surface area contributed by atoms with Crippen molar-refractivity contribution < 1.29 is 29.3 Å². The van der Waals surface area contributed by atoms with E-state index in [0.29, 0.717) is 0 Å². The number of carboxylic acid groups (broad SMARTS) is 1. The monoisotopic (exact) mass is 426 g/mol. The van der Waals surface area contributed by atoms with E-state index in [2.05, 4.69) is 10.6 Å². The standard InChI is InChI=1S/C23H26N2O6/c1-2-19(21(27)24-20(11-12-26)22(28)29)25-23(30)31-13-18-16-9-5-3-7-14(16)15-8-4-6-10-17(15)18/h3-10,18-20,26H,2,11-13H2,1H3,(H,24,27)(H,25,30)(H,28,29)/t19-,20-/m1/s1. The smallest absolute Gasteiger partial charge is 0.407 e. The molecule has 8 nitrogen and oxygen atoms in total. The molecule has 1 aliphatic rings. The number of aliphatic hydroxyl groups is 1. The number of rotatable bonds is 9. The van der Waals surface area contributed by atoms with Crippen LogP contribution in [-0.4, -0.2) is 53.5 Å². The number of aliphatic carboxylic acids is 1. The predicted molar refractivity (Wildman–Crippen MR) is 114 cm³/mol. The van der Waals surface area contributed by atoms with Crippen molar-refractivity contribution in [3.8, 4) is 11.1 Å². The van der Waals surface area contributed by atoms with Crippen LogP contribution in [0.4, 0.5) is 4.79 Å². The highest BCUT2D eigenvalue weighted by atomic mass is 16.5. The molecule has 0 saturated carbocycles. The zero-order chi connectivity index (χ0) is 22.4. The van der Waals surface area contributed by atoms with Crippen molar-refractivity contribution in [2.75, 3.05) is 13.2 Å². The third kappa shape index (κ3) is 5.03. The van der Waals surface area contributed by atoms with Crippen molar-refractivity contribution in [1.82, 2.24) is 10.6 Å². The average Bonchev–Trinajstić information content (AvgIpc) is 3.09. The molecule has 0 heterocycles. The van der Waals surface area contributed by atoms with Crippen LogP contribution < -0.4 is 10.6 Å². The number of hydrogen-bond acceptors (Lipinski definition) is 5. The van der Waals surface area contributed by atoms with Gasteiger partial charge < -0.3 is 25.6 Å². The molecular formula is C23H26N2O6. The van der Waals surface area contributed by atoms with Crippen molar-refractivity contribution in [2.45, 2.75) is 37.8 Å². The first-order valence-corrected chi connectivity index (χ1v) is 10.2. The zero-order valence-corrected chi connectivity index (χ0v) is 17.2. The topological polar surface area (TPSA) is 125 Å². The van der Waals surface area contributed by atoms with Crippen molar-refractivity contribution in [3.05, 3.63) is 59.7 Å². The number of aliphatic hydroxyl groups excluding tert-OH is 1. The Morgan fingerprint density at radius 3 is 2.06 bits per heavy atom. The van der Waals surface area contributed by atoms with Gasteiger partial charge in [0, 0.05) is 18.9 Å². The van der Waals surface area contributed by atoms with Crippen molar-refractivity contribution in [3.63, 3.8) is 0 Å². The van der Waals surface area contributed by atoms with Crippen LogP contribution in [0.25, 0.3) is 11.1 Å². The Balaban J connectivity index is 1.62. The van der Waals surface area contributed by atoms with Crippen LogP contribution in [0, 0.1) is 0 Å². The molecule has 0 aliphatic heterocycles. The number of nitrogens with one attached hydrogen (secondary N) is 2. The van der Waals surface area contributed by atoms with E-state index < -0.39 is 30.1 Å². The average molecular weight is 426 g/mol. The number of carbonyl (C=O) groups excluding carboxylic acids is 2. The molecule has 0 saturated heterocycles. The van der Waals surface area contributed by atoms with Gasteiger partial charge in [0.25, 0.3) is 0 Å². The minimum atomic E-state index is -1.25. The van der Waals surface area contributed by atoms with Gasteiger partial charge in [0.05, 0.1) is 0 Å². The highest BCUT2D eigenvalue weighted by Crippen LogP contribution is 2.44. The zero-order valence-electron chi connectivity index (χ0n) is 17.2. The van der Waals surface area contributed by atoms with Crippen LogP contribution in [0.15, 0.2) is 48.5 Å². The summed E-state index contributed by atoms with van der Waals surface area (Å²) in [5.74, 6) is -2.00. The van der Waals surface area contributed by atoms with Crippen LogP contribution in [0.2, 0.25) is 0 Å². The lowest BCUT2D eigenvalue weighted by Gasteiger charge is -2.20. The van der Waals surface area contributed by atoms with Crippen LogP contribution in [0.5, 0.6) is 0 Å². The van der Waals surface area contributed by atoms with Gasteiger partial charge in [-0.1, -0.05) is 55.5 Å². The van der Waals surface area contributed by atoms with E-state index in [-0.39, 0.29) is 32.0 Å². The largest absolute Gasteiger partial charge is 0.480 e. The Morgan fingerprint density at radius 1 is 0.968 bits per heavy atom. The lowest BCUT2D eigenvalue weighted by molar-refractivity contribution is -0.142. The summed E-state index contributed by atoms with van der Waals surface area (Å²) in [5, 5.41) is 22.9. The number of fused-ring (bicyclic) bond motifs is 3. The molecule has 0 fully saturated rings. The number of ether oxygens (including phenoxy) is 1. The first-order chi connectivity index (χ1) is 15.0. The Morgan fingerprint density at radius 2 is 1.55 bits per heavy atom. The maximum Gasteiger partial charge on any atom is 0.407 e. The van der Waals surface area contributed by atoms with Crippen molar-refractivity contribution in [1.29, 1.82) is 0 Å². The first-order valence-electron chi connectivity index (χ1n) is 10.2. The molecule has 164 valence electrons. The third-order valence-corrected chi connectivity index (χ3v) is 5.39. The van der Waals surface area contributed by atoms with Crippen LogP contribution in [-0.2, 0) is 14.3 Å². The molecule has 0 radical (unpaired) electrons. The fraction of sp³-hybridized carbons (Fsp3) is 0.348. The van der Waals surface area contributed by atoms with E-state index in [0.717, 1.165) is 22.3 Å². The Labute approximate surface area is 180 Å². The quantitative estimate of drug-likeness (QED) is 0.487. The number of carbonyl (C=O) groups is 3. The van der Waals surface area contributed by atoms with Gasteiger partial charge in [-0.15, -0.1) is 0 Å². The minimum absolute atomic E-state index is 0.104. The number of carboxylic acids is 1. The van der Waals surface area contributed by atoms with Gasteiger partial charge in [-0.25, -0.2) is 9.59 Å². The van der Waals surface area contributed by atoms with Crippen molar-refractivity contribution in [2.24, 2.45) is 0 Å². The summed E-state index contributed by atoms with van der Waals surface area (Å²) in [5.41, 5.74) is 4.38.